The minimum Gasteiger partial charge on any atom is -0.407 e. The van der Waals surface area contributed by atoms with Gasteiger partial charge in [0.05, 0.1) is 28.7 Å². The van der Waals surface area contributed by atoms with E-state index < -0.39 is 17.3 Å². The number of hydrogen-bond acceptors (Lipinski definition) is 4. The van der Waals surface area contributed by atoms with Crippen molar-refractivity contribution in [2.75, 3.05) is 0 Å². The number of rotatable bonds is 3. The zero-order valence-corrected chi connectivity index (χ0v) is 13.1. The first kappa shape index (κ1) is 17.0. The average molecular weight is 368 g/mol. The molecule has 2 aromatic heterocycles. The van der Waals surface area contributed by atoms with Crippen LogP contribution in [0.15, 0.2) is 59.7 Å². The Kier molecular flexibility index (Phi) is 4.45. The van der Waals surface area contributed by atoms with Crippen LogP contribution in [0.5, 0.6) is 11.9 Å². The third-order valence-corrected chi connectivity index (χ3v) is 3.34. The number of nitrogens with zero attached hydrogens (tertiary/aromatic N) is 3. The largest absolute Gasteiger partial charge is 0.416 e. The molecule has 0 aliphatic rings. The Labute approximate surface area is 144 Å². The van der Waals surface area contributed by atoms with E-state index in [-0.39, 0.29) is 22.6 Å². The van der Waals surface area contributed by atoms with E-state index in [0.717, 1.165) is 16.7 Å². The molecule has 128 valence electrons. The number of ether oxygens (including phenoxy) is 1. The van der Waals surface area contributed by atoms with Crippen LogP contribution in [0, 0.1) is 0 Å². The summed E-state index contributed by atoms with van der Waals surface area (Å²) in [5.74, 6) is -0.0332. The molecule has 0 aliphatic heterocycles. The molecule has 0 unspecified atom stereocenters. The van der Waals surface area contributed by atoms with Gasteiger partial charge in [0.1, 0.15) is 0 Å². The zero-order chi connectivity index (χ0) is 18.0. The van der Waals surface area contributed by atoms with Gasteiger partial charge in [-0.2, -0.15) is 13.2 Å². The molecular formula is C16H9ClF3N3O2. The highest BCUT2D eigenvalue weighted by atomic mass is 35.5. The van der Waals surface area contributed by atoms with Gasteiger partial charge < -0.3 is 4.74 Å². The van der Waals surface area contributed by atoms with Crippen LogP contribution in [0.1, 0.15) is 5.56 Å². The molecule has 25 heavy (non-hydrogen) atoms. The Bertz CT molecular complexity index is 956. The molecular weight excluding hydrogens is 359 g/mol. The van der Waals surface area contributed by atoms with Crippen LogP contribution in [0.3, 0.4) is 0 Å². The summed E-state index contributed by atoms with van der Waals surface area (Å²) in [4.78, 5) is 19.9. The number of benzene rings is 1. The number of alkyl halides is 3. The summed E-state index contributed by atoms with van der Waals surface area (Å²) in [5.41, 5.74) is -1.44. The lowest BCUT2D eigenvalue weighted by Gasteiger charge is -2.14. The Morgan fingerprint density at radius 1 is 1.04 bits per heavy atom. The van der Waals surface area contributed by atoms with Gasteiger partial charge in [-0.1, -0.05) is 23.7 Å². The molecule has 5 nitrogen and oxygen atoms in total. The SMILES string of the molecule is O=c1cccc(Oc2ncc(Cl)cn2)n1-c1cccc(C(F)(F)F)c1. The fraction of sp³-hybridized carbons (Fsp3) is 0.0625. The minimum absolute atomic E-state index is 0.00406. The Balaban J connectivity index is 2.08. The van der Waals surface area contributed by atoms with Gasteiger partial charge in [0.25, 0.3) is 5.56 Å². The topological polar surface area (TPSA) is 57.0 Å². The quantitative estimate of drug-likeness (QED) is 0.699. The van der Waals surface area contributed by atoms with Crippen LogP contribution in [0.2, 0.25) is 5.02 Å². The van der Waals surface area contributed by atoms with Gasteiger partial charge >= 0.3 is 12.2 Å². The van der Waals surface area contributed by atoms with Crippen LogP contribution in [0.25, 0.3) is 5.69 Å². The van der Waals surface area contributed by atoms with Gasteiger partial charge in [-0.25, -0.2) is 14.5 Å². The summed E-state index contributed by atoms with van der Waals surface area (Å²) < 4.78 is 45.2. The molecule has 0 atom stereocenters. The smallest absolute Gasteiger partial charge is 0.407 e. The number of halogens is 4. The van der Waals surface area contributed by atoms with E-state index in [0.29, 0.717) is 0 Å². The summed E-state index contributed by atoms with van der Waals surface area (Å²) in [7, 11) is 0. The van der Waals surface area contributed by atoms with Crippen molar-refractivity contribution in [3.8, 4) is 17.6 Å². The highest BCUT2D eigenvalue weighted by Gasteiger charge is 2.30. The monoisotopic (exact) mass is 367 g/mol. The maximum absolute atomic E-state index is 12.9. The third-order valence-electron chi connectivity index (χ3n) is 3.14. The minimum atomic E-state index is -4.53. The Morgan fingerprint density at radius 2 is 1.72 bits per heavy atom. The van der Waals surface area contributed by atoms with Gasteiger partial charge in [0.2, 0.25) is 5.88 Å². The zero-order valence-electron chi connectivity index (χ0n) is 12.4. The second-order valence-corrected chi connectivity index (χ2v) is 5.31. The summed E-state index contributed by atoms with van der Waals surface area (Å²) in [6.45, 7) is 0. The van der Waals surface area contributed by atoms with Crippen LogP contribution in [-0.4, -0.2) is 14.5 Å². The van der Waals surface area contributed by atoms with Crippen molar-refractivity contribution in [1.29, 1.82) is 0 Å². The van der Waals surface area contributed by atoms with E-state index in [1.807, 2.05) is 0 Å². The summed E-state index contributed by atoms with van der Waals surface area (Å²) >= 11 is 5.68. The molecule has 0 aliphatic carbocycles. The Morgan fingerprint density at radius 3 is 2.40 bits per heavy atom. The van der Waals surface area contributed by atoms with Crippen molar-refractivity contribution in [2.24, 2.45) is 0 Å². The van der Waals surface area contributed by atoms with Crippen molar-refractivity contribution in [2.45, 2.75) is 6.18 Å². The van der Waals surface area contributed by atoms with Crippen molar-refractivity contribution < 1.29 is 17.9 Å². The lowest BCUT2D eigenvalue weighted by molar-refractivity contribution is -0.137. The third kappa shape index (κ3) is 3.80. The van der Waals surface area contributed by atoms with Crippen LogP contribution in [-0.2, 0) is 6.18 Å². The molecule has 1 aromatic carbocycles. The van der Waals surface area contributed by atoms with Crippen LogP contribution >= 0.6 is 11.6 Å². The molecule has 0 saturated heterocycles. The van der Waals surface area contributed by atoms with Crippen molar-refractivity contribution in [3.05, 3.63) is 75.8 Å². The van der Waals surface area contributed by atoms with Crippen molar-refractivity contribution >= 4 is 11.6 Å². The maximum atomic E-state index is 12.9. The molecule has 3 aromatic rings. The molecule has 0 saturated carbocycles. The molecule has 0 amide bonds. The fourth-order valence-corrected chi connectivity index (χ4v) is 2.17. The first-order valence-corrected chi connectivity index (χ1v) is 7.27. The number of aromatic nitrogens is 3. The van der Waals surface area contributed by atoms with Crippen LogP contribution < -0.4 is 10.3 Å². The first-order valence-electron chi connectivity index (χ1n) is 6.90. The lowest BCUT2D eigenvalue weighted by Crippen LogP contribution is -2.19. The van der Waals surface area contributed by atoms with Gasteiger partial charge in [0, 0.05) is 6.07 Å². The summed E-state index contributed by atoms with van der Waals surface area (Å²) in [6, 6.07) is 8.28. The van der Waals surface area contributed by atoms with Gasteiger partial charge in [0.15, 0.2) is 0 Å². The molecule has 0 fully saturated rings. The molecule has 9 heteroatoms. The molecule has 3 rings (SSSR count). The van der Waals surface area contributed by atoms with Crippen molar-refractivity contribution in [1.82, 2.24) is 14.5 Å². The second-order valence-electron chi connectivity index (χ2n) is 4.87. The fourth-order valence-electron chi connectivity index (χ4n) is 2.07. The number of hydrogen-bond donors (Lipinski definition) is 0. The molecule has 0 N–H and O–H groups in total. The van der Waals surface area contributed by atoms with E-state index >= 15 is 0 Å². The average Bonchev–Trinajstić information content (AvgIpc) is 2.56. The molecule has 2 heterocycles. The van der Waals surface area contributed by atoms with E-state index in [2.05, 4.69) is 9.97 Å². The predicted molar refractivity (Wildman–Crippen MR) is 84.2 cm³/mol. The summed E-state index contributed by atoms with van der Waals surface area (Å²) in [5, 5.41) is 0.288. The van der Waals surface area contributed by atoms with Gasteiger partial charge in [-0.3, -0.25) is 4.79 Å². The van der Waals surface area contributed by atoms with Gasteiger partial charge in [-0.05, 0) is 24.3 Å². The maximum Gasteiger partial charge on any atom is 0.416 e. The van der Waals surface area contributed by atoms with Gasteiger partial charge in [-0.15, -0.1) is 0 Å². The Hall–Kier alpha value is -2.87. The highest BCUT2D eigenvalue weighted by Crippen LogP contribution is 2.31. The second kappa shape index (κ2) is 6.56. The standard InChI is InChI=1S/C16H9ClF3N3O2/c17-11-8-21-15(22-9-11)25-14-6-2-5-13(24)23(14)12-4-1-3-10(7-12)16(18,19)20/h1-9H. The van der Waals surface area contributed by atoms with Crippen LogP contribution in [0.4, 0.5) is 13.2 Å². The van der Waals surface area contributed by atoms with Crippen molar-refractivity contribution in [3.63, 3.8) is 0 Å². The van der Waals surface area contributed by atoms with E-state index in [4.69, 9.17) is 16.3 Å². The molecule has 0 spiro atoms. The predicted octanol–water partition coefficient (Wildman–Crippen LogP) is 4.09. The molecule has 0 bridgehead atoms. The first-order chi connectivity index (χ1) is 11.8. The highest BCUT2D eigenvalue weighted by molar-refractivity contribution is 6.30. The lowest BCUT2D eigenvalue weighted by atomic mass is 10.2. The van der Waals surface area contributed by atoms with E-state index in [1.54, 1.807) is 0 Å². The van der Waals surface area contributed by atoms with E-state index in [9.17, 15) is 18.0 Å². The summed E-state index contributed by atoms with van der Waals surface area (Å²) in [6.07, 6.45) is -1.95. The normalized spacial score (nSPS) is 11.4. The van der Waals surface area contributed by atoms with E-state index in [1.165, 1.54) is 42.7 Å². The number of pyridine rings is 1. The molecule has 0 radical (unpaired) electrons.